The molecule has 0 atom stereocenters. The van der Waals surface area contributed by atoms with Crippen molar-refractivity contribution < 1.29 is 14.3 Å². The Morgan fingerprint density at radius 2 is 2.05 bits per heavy atom. The number of carbonyl (C=O) groups is 1. The van der Waals surface area contributed by atoms with E-state index in [0.717, 1.165) is 16.8 Å². The van der Waals surface area contributed by atoms with Crippen LogP contribution in [0.4, 0.5) is 4.39 Å². The molecule has 1 aromatic heterocycles. The molecule has 0 saturated carbocycles. The highest BCUT2D eigenvalue weighted by Gasteiger charge is 2.17. The van der Waals surface area contributed by atoms with Gasteiger partial charge in [0.15, 0.2) is 0 Å². The fourth-order valence-corrected chi connectivity index (χ4v) is 2.84. The van der Waals surface area contributed by atoms with Crippen molar-refractivity contribution in [2.45, 2.75) is 32.6 Å². The second kappa shape index (κ2) is 5.32. The van der Waals surface area contributed by atoms with E-state index in [4.69, 9.17) is 5.11 Å². The number of thiazole rings is 1. The quantitative estimate of drug-likeness (QED) is 0.934. The first-order valence-electron chi connectivity index (χ1n) is 6.23. The highest BCUT2D eigenvalue weighted by atomic mass is 32.1. The summed E-state index contributed by atoms with van der Waals surface area (Å²) in [7, 11) is 0. The Balaban J connectivity index is 2.26. The first-order chi connectivity index (χ1) is 9.25. The predicted molar refractivity (Wildman–Crippen MR) is 77.0 cm³/mol. The molecule has 0 aliphatic carbocycles. The number of hydrogen-bond acceptors (Lipinski definition) is 3. The van der Waals surface area contributed by atoms with Crippen LogP contribution in [-0.4, -0.2) is 16.1 Å². The second-order valence-electron chi connectivity index (χ2n) is 5.71. The second-order valence-corrected chi connectivity index (χ2v) is 6.65. The van der Waals surface area contributed by atoms with Crippen molar-refractivity contribution in [3.63, 3.8) is 0 Å². The normalized spacial score (nSPS) is 11.6. The number of halogens is 1. The van der Waals surface area contributed by atoms with Crippen LogP contribution >= 0.6 is 11.3 Å². The Morgan fingerprint density at radius 3 is 2.60 bits per heavy atom. The van der Waals surface area contributed by atoms with Crippen LogP contribution in [0.2, 0.25) is 0 Å². The average Bonchev–Trinajstić information content (AvgIpc) is 2.76. The van der Waals surface area contributed by atoms with Gasteiger partial charge in [-0.2, -0.15) is 0 Å². The maximum Gasteiger partial charge on any atom is 0.335 e. The number of hydrogen-bond donors (Lipinski definition) is 1. The van der Waals surface area contributed by atoms with Crippen LogP contribution in [-0.2, 0) is 11.8 Å². The van der Waals surface area contributed by atoms with Gasteiger partial charge in [0, 0.05) is 17.2 Å². The van der Waals surface area contributed by atoms with E-state index in [-0.39, 0.29) is 11.0 Å². The molecule has 1 aromatic carbocycles. The molecule has 0 unspecified atom stereocenters. The van der Waals surface area contributed by atoms with Gasteiger partial charge in [-0.3, -0.25) is 0 Å². The molecule has 1 heterocycles. The van der Waals surface area contributed by atoms with E-state index in [1.165, 1.54) is 23.5 Å². The molecule has 1 N–H and O–H groups in total. The van der Waals surface area contributed by atoms with Gasteiger partial charge in [0.05, 0.1) is 16.3 Å². The number of carboxylic acid groups (broad SMARTS) is 1. The zero-order valence-electron chi connectivity index (χ0n) is 11.6. The summed E-state index contributed by atoms with van der Waals surface area (Å²) in [5.41, 5.74) is 1.56. The first kappa shape index (κ1) is 14.7. The van der Waals surface area contributed by atoms with E-state index in [1.807, 2.05) is 5.38 Å². The molecule has 0 aliphatic rings. The minimum absolute atomic E-state index is 0.0249. The van der Waals surface area contributed by atoms with E-state index >= 15 is 0 Å². The van der Waals surface area contributed by atoms with Crippen LogP contribution in [0.15, 0.2) is 23.6 Å². The molecule has 0 fully saturated rings. The summed E-state index contributed by atoms with van der Waals surface area (Å²) < 4.78 is 13.4. The Hall–Kier alpha value is -1.75. The SMILES string of the molecule is CC(C)(C)c1csc(Cc2cc(F)cc(C(=O)O)c2)n1. The summed E-state index contributed by atoms with van der Waals surface area (Å²) in [5, 5.41) is 11.8. The van der Waals surface area contributed by atoms with Crippen molar-refractivity contribution >= 4 is 17.3 Å². The molecular weight excluding hydrogens is 277 g/mol. The van der Waals surface area contributed by atoms with Crippen molar-refractivity contribution in [1.29, 1.82) is 0 Å². The van der Waals surface area contributed by atoms with Gasteiger partial charge in [-0.25, -0.2) is 14.2 Å². The van der Waals surface area contributed by atoms with Gasteiger partial charge >= 0.3 is 5.97 Å². The monoisotopic (exact) mass is 293 g/mol. The van der Waals surface area contributed by atoms with Gasteiger partial charge in [0.2, 0.25) is 0 Å². The van der Waals surface area contributed by atoms with E-state index in [9.17, 15) is 9.18 Å². The van der Waals surface area contributed by atoms with Crippen LogP contribution in [0.5, 0.6) is 0 Å². The zero-order valence-corrected chi connectivity index (χ0v) is 12.4. The molecule has 2 rings (SSSR count). The number of benzene rings is 1. The van der Waals surface area contributed by atoms with E-state index in [1.54, 1.807) is 0 Å². The number of rotatable bonds is 3. The molecule has 0 spiro atoms. The van der Waals surface area contributed by atoms with Gasteiger partial charge in [-0.15, -0.1) is 11.3 Å². The van der Waals surface area contributed by atoms with Crippen molar-refractivity contribution in [2.24, 2.45) is 0 Å². The highest BCUT2D eigenvalue weighted by Crippen LogP contribution is 2.25. The third-order valence-electron chi connectivity index (χ3n) is 2.88. The van der Waals surface area contributed by atoms with E-state index in [0.29, 0.717) is 12.0 Å². The Kier molecular flexibility index (Phi) is 3.90. The molecular formula is C15H16FNO2S. The lowest BCUT2D eigenvalue weighted by Crippen LogP contribution is -2.11. The summed E-state index contributed by atoms with van der Waals surface area (Å²) in [6.45, 7) is 6.24. The lowest BCUT2D eigenvalue weighted by molar-refractivity contribution is 0.0696. The third kappa shape index (κ3) is 3.42. The minimum Gasteiger partial charge on any atom is -0.478 e. The Bertz CT molecular complexity index is 644. The van der Waals surface area contributed by atoms with Gasteiger partial charge < -0.3 is 5.11 Å². The summed E-state index contributed by atoms with van der Waals surface area (Å²) >= 11 is 1.51. The summed E-state index contributed by atoms with van der Waals surface area (Å²) in [6.07, 6.45) is 0.443. The summed E-state index contributed by atoms with van der Waals surface area (Å²) in [4.78, 5) is 15.4. The molecule has 0 aliphatic heterocycles. The molecule has 3 nitrogen and oxygen atoms in total. The minimum atomic E-state index is -1.12. The number of aromatic nitrogens is 1. The maximum atomic E-state index is 13.4. The van der Waals surface area contributed by atoms with E-state index in [2.05, 4.69) is 25.8 Å². The molecule has 2 aromatic rings. The molecule has 0 saturated heterocycles. The lowest BCUT2D eigenvalue weighted by Gasteiger charge is -2.14. The van der Waals surface area contributed by atoms with Crippen LogP contribution in [0, 0.1) is 5.82 Å². The molecule has 0 radical (unpaired) electrons. The van der Waals surface area contributed by atoms with Crippen molar-refractivity contribution in [3.05, 3.63) is 51.2 Å². The van der Waals surface area contributed by atoms with Gasteiger partial charge in [0.1, 0.15) is 5.82 Å². The smallest absolute Gasteiger partial charge is 0.335 e. The van der Waals surface area contributed by atoms with Crippen molar-refractivity contribution in [1.82, 2.24) is 4.98 Å². The fourth-order valence-electron chi connectivity index (χ4n) is 1.79. The van der Waals surface area contributed by atoms with Gasteiger partial charge in [0.25, 0.3) is 0 Å². The number of aromatic carboxylic acids is 1. The standard InChI is InChI=1S/C15H16FNO2S/c1-15(2,3)12-8-20-13(17-12)6-9-4-10(14(18)19)7-11(16)5-9/h4-5,7-8H,6H2,1-3H3,(H,18,19). The number of carboxylic acids is 1. The molecule has 0 bridgehead atoms. The fraction of sp³-hybridized carbons (Fsp3) is 0.333. The molecule has 20 heavy (non-hydrogen) atoms. The first-order valence-corrected chi connectivity index (χ1v) is 7.11. The molecule has 106 valence electrons. The van der Waals surface area contributed by atoms with Crippen LogP contribution in [0.25, 0.3) is 0 Å². The molecule has 0 amide bonds. The Labute approximate surface area is 121 Å². The summed E-state index contributed by atoms with van der Waals surface area (Å²) in [6, 6.07) is 3.86. The van der Waals surface area contributed by atoms with Gasteiger partial charge in [-0.05, 0) is 23.8 Å². The largest absolute Gasteiger partial charge is 0.478 e. The summed E-state index contributed by atoms with van der Waals surface area (Å²) in [5.74, 6) is -1.66. The van der Waals surface area contributed by atoms with Crippen molar-refractivity contribution in [2.75, 3.05) is 0 Å². The predicted octanol–water partition coefficient (Wildman–Crippen LogP) is 3.87. The van der Waals surface area contributed by atoms with Crippen LogP contribution < -0.4 is 0 Å². The Morgan fingerprint density at radius 1 is 1.35 bits per heavy atom. The average molecular weight is 293 g/mol. The third-order valence-corrected chi connectivity index (χ3v) is 3.73. The maximum absolute atomic E-state index is 13.4. The van der Waals surface area contributed by atoms with Crippen LogP contribution in [0.1, 0.15) is 47.4 Å². The van der Waals surface area contributed by atoms with Crippen LogP contribution in [0.3, 0.4) is 0 Å². The zero-order chi connectivity index (χ0) is 14.9. The van der Waals surface area contributed by atoms with Crippen molar-refractivity contribution in [3.8, 4) is 0 Å². The lowest BCUT2D eigenvalue weighted by atomic mass is 9.93. The number of nitrogens with zero attached hydrogens (tertiary/aromatic N) is 1. The van der Waals surface area contributed by atoms with E-state index < -0.39 is 11.8 Å². The topological polar surface area (TPSA) is 50.2 Å². The highest BCUT2D eigenvalue weighted by molar-refractivity contribution is 7.09. The molecule has 5 heteroatoms. The van der Waals surface area contributed by atoms with Gasteiger partial charge in [-0.1, -0.05) is 20.8 Å².